The molecule has 0 unspecified atom stereocenters. The van der Waals surface area contributed by atoms with Gasteiger partial charge in [0.25, 0.3) is 0 Å². The molecule has 7 heteroatoms. The van der Waals surface area contributed by atoms with E-state index in [4.69, 9.17) is 23.9 Å². The first kappa shape index (κ1) is 27.0. The van der Waals surface area contributed by atoms with E-state index in [1.54, 1.807) is 0 Å². The molecule has 0 amide bonds. The first-order valence-electron chi connectivity index (χ1n) is 14.9. The molecule has 0 aliphatic carbocycles. The first-order chi connectivity index (χ1) is 21.2. The van der Waals surface area contributed by atoms with Gasteiger partial charge in [0.1, 0.15) is 11.3 Å². The van der Waals surface area contributed by atoms with Gasteiger partial charge in [-0.25, -0.2) is 9.97 Å². The van der Waals surface area contributed by atoms with E-state index >= 15 is 0 Å². The monoisotopic (exact) mass is 570 g/mol. The molecule has 2 aromatic heterocycles. The molecule has 0 N–H and O–H groups in total. The van der Waals surface area contributed by atoms with Gasteiger partial charge in [0.15, 0.2) is 17.1 Å². The number of imidazole rings is 1. The summed E-state index contributed by atoms with van der Waals surface area (Å²) in [6.07, 6.45) is 2.15. The fraction of sp³-hybridized carbons (Fsp3) is 0.222. The fourth-order valence-corrected chi connectivity index (χ4v) is 5.69. The summed E-state index contributed by atoms with van der Waals surface area (Å²) in [5, 5.41) is 0. The summed E-state index contributed by atoms with van der Waals surface area (Å²) in [7, 11) is 0. The molecular weight excluding hydrogens is 536 g/mol. The maximum atomic E-state index is 6.21. The molecule has 0 fully saturated rings. The number of hydrogen-bond acceptors (Lipinski definition) is 6. The molecule has 216 valence electrons. The van der Waals surface area contributed by atoms with E-state index in [0.29, 0.717) is 25.5 Å². The summed E-state index contributed by atoms with van der Waals surface area (Å²) in [6, 6.07) is 35.1. The molecule has 1 aliphatic rings. The molecule has 7 rings (SSSR count). The summed E-state index contributed by atoms with van der Waals surface area (Å²) in [4.78, 5) is 12.5. The lowest BCUT2D eigenvalue weighted by molar-refractivity contribution is 0.174. The Hall–Kier alpha value is -4.88. The van der Waals surface area contributed by atoms with E-state index in [0.717, 1.165) is 70.2 Å². The van der Waals surface area contributed by atoms with Crippen LogP contribution < -0.4 is 9.47 Å². The average molecular weight is 571 g/mol. The van der Waals surface area contributed by atoms with E-state index in [1.807, 2.05) is 30.3 Å². The molecule has 0 saturated carbocycles. The lowest BCUT2D eigenvalue weighted by atomic mass is 10.1. The minimum absolute atomic E-state index is 0.255. The number of fused-ring (bicyclic) bond motifs is 2. The smallest absolute Gasteiger partial charge is 0.231 e. The van der Waals surface area contributed by atoms with Crippen LogP contribution in [0.4, 0.5) is 0 Å². The second kappa shape index (κ2) is 12.2. The fourth-order valence-electron chi connectivity index (χ4n) is 5.69. The van der Waals surface area contributed by atoms with E-state index in [-0.39, 0.29) is 6.79 Å². The Balaban J connectivity index is 1.32. The van der Waals surface area contributed by atoms with Crippen LogP contribution in [0, 0.1) is 0 Å². The molecule has 0 bridgehead atoms. The SMILES string of the molecule is CCCCn1c(-c2ccccc2)nc(-c2ccccc2)c1CN(Cc1ccc2c(c1)OCO2)Cc1nc2ccccc2o1. The van der Waals surface area contributed by atoms with Crippen molar-refractivity contribution >= 4 is 11.1 Å². The highest BCUT2D eigenvalue weighted by Gasteiger charge is 2.24. The quantitative estimate of drug-likeness (QED) is 0.157. The molecule has 7 nitrogen and oxygen atoms in total. The van der Waals surface area contributed by atoms with Crippen molar-refractivity contribution in [1.29, 1.82) is 0 Å². The average Bonchev–Trinajstić information content (AvgIpc) is 3.77. The topological polar surface area (TPSA) is 65.6 Å². The molecule has 3 heterocycles. The number of benzene rings is 4. The lowest BCUT2D eigenvalue weighted by Crippen LogP contribution is -2.25. The van der Waals surface area contributed by atoms with Crippen molar-refractivity contribution in [2.45, 2.75) is 45.9 Å². The molecular formula is C36H34N4O3. The van der Waals surface area contributed by atoms with Crippen molar-refractivity contribution in [2.75, 3.05) is 6.79 Å². The Kier molecular flexibility index (Phi) is 7.63. The maximum Gasteiger partial charge on any atom is 0.231 e. The zero-order valence-corrected chi connectivity index (χ0v) is 24.3. The molecule has 0 radical (unpaired) electrons. The first-order valence-corrected chi connectivity index (χ1v) is 14.9. The van der Waals surface area contributed by atoms with Crippen LogP contribution in [0.25, 0.3) is 33.7 Å². The van der Waals surface area contributed by atoms with Crippen molar-refractivity contribution in [3.8, 4) is 34.1 Å². The predicted molar refractivity (Wildman–Crippen MR) is 168 cm³/mol. The summed E-state index contributed by atoms with van der Waals surface area (Å²) < 4.78 is 19.9. The van der Waals surface area contributed by atoms with Crippen molar-refractivity contribution in [3.05, 3.63) is 120 Å². The van der Waals surface area contributed by atoms with Gasteiger partial charge in [0.2, 0.25) is 12.7 Å². The third kappa shape index (κ3) is 5.76. The summed E-state index contributed by atoms with van der Waals surface area (Å²) in [5.74, 6) is 3.24. The number of aromatic nitrogens is 3. The number of ether oxygens (including phenoxy) is 2. The van der Waals surface area contributed by atoms with Crippen LogP contribution in [0.5, 0.6) is 11.5 Å². The van der Waals surface area contributed by atoms with E-state index in [1.165, 1.54) is 5.69 Å². The number of oxazole rings is 1. The van der Waals surface area contributed by atoms with Crippen LogP contribution >= 0.6 is 0 Å². The number of hydrogen-bond donors (Lipinski definition) is 0. The summed E-state index contributed by atoms with van der Waals surface area (Å²) in [6.45, 7) is 5.23. The van der Waals surface area contributed by atoms with Gasteiger partial charge in [-0.05, 0) is 36.2 Å². The van der Waals surface area contributed by atoms with Crippen molar-refractivity contribution in [3.63, 3.8) is 0 Å². The number of rotatable bonds is 11. The minimum atomic E-state index is 0.255. The van der Waals surface area contributed by atoms with Crippen LogP contribution in [0.3, 0.4) is 0 Å². The standard InChI is InChI=1S/C36H34N4O3/c1-2-3-20-40-30(35(27-12-6-4-7-13-27)38-36(40)28-14-8-5-9-15-28)23-39(22-26-18-19-32-33(21-26)42-25-41-32)24-34-37-29-16-10-11-17-31(29)43-34/h4-19,21H,2-3,20,22-25H2,1H3. The van der Waals surface area contributed by atoms with E-state index < -0.39 is 0 Å². The molecule has 0 spiro atoms. The highest BCUT2D eigenvalue weighted by atomic mass is 16.7. The zero-order chi connectivity index (χ0) is 29.0. The molecule has 43 heavy (non-hydrogen) atoms. The molecule has 0 atom stereocenters. The van der Waals surface area contributed by atoms with Crippen LogP contribution in [0.2, 0.25) is 0 Å². The molecule has 0 saturated heterocycles. The second-order valence-electron chi connectivity index (χ2n) is 10.9. The largest absolute Gasteiger partial charge is 0.454 e. The Morgan fingerprint density at radius 1 is 0.744 bits per heavy atom. The van der Waals surface area contributed by atoms with Gasteiger partial charge in [0.05, 0.1) is 17.9 Å². The highest BCUT2D eigenvalue weighted by molar-refractivity contribution is 5.72. The highest BCUT2D eigenvalue weighted by Crippen LogP contribution is 2.35. The van der Waals surface area contributed by atoms with Crippen LogP contribution in [-0.2, 0) is 26.2 Å². The normalized spacial score (nSPS) is 12.4. The number of nitrogens with zero attached hydrogens (tertiary/aromatic N) is 4. The maximum absolute atomic E-state index is 6.21. The third-order valence-electron chi connectivity index (χ3n) is 7.80. The van der Waals surface area contributed by atoms with Gasteiger partial charge < -0.3 is 18.5 Å². The zero-order valence-electron chi connectivity index (χ0n) is 24.3. The second-order valence-corrected chi connectivity index (χ2v) is 10.9. The predicted octanol–water partition coefficient (Wildman–Crippen LogP) is 8.09. The van der Waals surface area contributed by atoms with Gasteiger partial charge in [-0.3, -0.25) is 4.90 Å². The van der Waals surface area contributed by atoms with Crippen LogP contribution in [0.1, 0.15) is 36.9 Å². The van der Waals surface area contributed by atoms with Gasteiger partial charge in [-0.1, -0.05) is 92.2 Å². The Bertz CT molecular complexity index is 1800. The van der Waals surface area contributed by atoms with Crippen molar-refractivity contribution < 1.29 is 13.9 Å². The van der Waals surface area contributed by atoms with Gasteiger partial charge in [-0.2, -0.15) is 0 Å². The molecule has 1 aliphatic heterocycles. The minimum Gasteiger partial charge on any atom is -0.454 e. The Morgan fingerprint density at radius 3 is 2.28 bits per heavy atom. The van der Waals surface area contributed by atoms with Crippen molar-refractivity contribution in [2.24, 2.45) is 0 Å². The summed E-state index contributed by atoms with van der Waals surface area (Å²) >= 11 is 0. The third-order valence-corrected chi connectivity index (χ3v) is 7.80. The molecule has 6 aromatic rings. The Labute approximate surface area is 251 Å². The lowest BCUT2D eigenvalue weighted by Gasteiger charge is -2.23. The van der Waals surface area contributed by atoms with Gasteiger partial charge >= 0.3 is 0 Å². The van der Waals surface area contributed by atoms with Crippen LogP contribution in [0.15, 0.2) is 108 Å². The summed E-state index contributed by atoms with van der Waals surface area (Å²) in [5.41, 5.74) is 7.19. The van der Waals surface area contributed by atoms with Crippen LogP contribution in [-0.4, -0.2) is 26.2 Å². The number of para-hydroxylation sites is 2. The van der Waals surface area contributed by atoms with E-state index in [9.17, 15) is 0 Å². The van der Waals surface area contributed by atoms with Crippen molar-refractivity contribution in [1.82, 2.24) is 19.4 Å². The molecule has 4 aromatic carbocycles. The van der Waals surface area contributed by atoms with Gasteiger partial charge in [0, 0.05) is 30.8 Å². The van der Waals surface area contributed by atoms with E-state index in [2.05, 4.69) is 89.2 Å². The Morgan fingerprint density at radius 2 is 1.49 bits per heavy atom. The van der Waals surface area contributed by atoms with Gasteiger partial charge in [-0.15, -0.1) is 0 Å². The number of unbranched alkanes of at least 4 members (excludes halogenated alkanes) is 1.